The monoisotopic (exact) mass is 261 g/mol. The summed E-state index contributed by atoms with van der Waals surface area (Å²) in [6.45, 7) is 4.77. The third kappa shape index (κ3) is 2.80. The van der Waals surface area contributed by atoms with Crippen molar-refractivity contribution in [1.82, 2.24) is 9.55 Å². The van der Waals surface area contributed by atoms with Gasteiger partial charge in [-0.05, 0) is 43.9 Å². The summed E-state index contributed by atoms with van der Waals surface area (Å²) in [6.07, 6.45) is 13.5. The third-order valence-electron chi connectivity index (χ3n) is 5.13. The van der Waals surface area contributed by atoms with Crippen LogP contribution in [-0.4, -0.2) is 15.6 Å². The summed E-state index contributed by atoms with van der Waals surface area (Å²) in [5.74, 6) is 2.76. The zero-order chi connectivity index (χ0) is 13.2. The first-order valence-corrected chi connectivity index (χ1v) is 8.03. The predicted molar refractivity (Wildman–Crippen MR) is 79.3 cm³/mol. The first-order chi connectivity index (χ1) is 9.24. The van der Waals surface area contributed by atoms with E-state index in [4.69, 9.17) is 0 Å². The van der Waals surface area contributed by atoms with Crippen molar-refractivity contribution in [3.63, 3.8) is 0 Å². The number of imidazole rings is 1. The van der Waals surface area contributed by atoms with Crippen LogP contribution in [-0.2, 0) is 0 Å². The molecule has 3 unspecified atom stereocenters. The highest BCUT2D eigenvalue weighted by atomic mass is 15.2. The van der Waals surface area contributed by atoms with E-state index in [1.54, 1.807) is 0 Å². The zero-order valence-corrected chi connectivity index (χ0v) is 12.3. The molecule has 0 spiro atoms. The Morgan fingerprint density at radius 1 is 1.16 bits per heavy atom. The Hall–Kier alpha value is -0.990. The molecule has 0 radical (unpaired) electrons. The molecule has 0 bridgehead atoms. The molecule has 2 saturated carbocycles. The van der Waals surface area contributed by atoms with Gasteiger partial charge in [0.25, 0.3) is 0 Å². The van der Waals surface area contributed by atoms with E-state index < -0.39 is 0 Å². The Morgan fingerprint density at radius 2 is 1.95 bits per heavy atom. The van der Waals surface area contributed by atoms with Crippen molar-refractivity contribution >= 4 is 5.95 Å². The molecular weight excluding hydrogens is 234 g/mol. The van der Waals surface area contributed by atoms with Crippen LogP contribution in [0.3, 0.4) is 0 Å². The van der Waals surface area contributed by atoms with E-state index in [-0.39, 0.29) is 0 Å². The number of nitrogens with one attached hydrogen (secondary N) is 1. The van der Waals surface area contributed by atoms with Crippen LogP contribution >= 0.6 is 0 Å². The van der Waals surface area contributed by atoms with Crippen LogP contribution in [0.1, 0.15) is 64.8 Å². The number of hydrogen-bond acceptors (Lipinski definition) is 2. The largest absolute Gasteiger partial charge is 0.353 e. The van der Waals surface area contributed by atoms with Crippen molar-refractivity contribution in [2.75, 3.05) is 5.32 Å². The molecule has 19 heavy (non-hydrogen) atoms. The molecule has 3 atom stereocenters. The maximum Gasteiger partial charge on any atom is 0.203 e. The Morgan fingerprint density at radius 3 is 2.68 bits per heavy atom. The third-order valence-corrected chi connectivity index (χ3v) is 5.13. The lowest BCUT2D eigenvalue weighted by atomic mass is 9.80. The smallest absolute Gasteiger partial charge is 0.203 e. The molecule has 1 aromatic rings. The second kappa shape index (κ2) is 5.56. The summed E-state index contributed by atoms with van der Waals surface area (Å²) in [5.41, 5.74) is 0. The highest BCUT2D eigenvalue weighted by molar-refractivity contribution is 5.29. The first-order valence-electron chi connectivity index (χ1n) is 8.03. The summed E-state index contributed by atoms with van der Waals surface area (Å²) in [6, 6.07) is 1.29. The molecule has 2 aliphatic carbocycles. The van der Waals surface area contributed by atoms with E-state index in [0.29, 0.717) is 12.1 Å². The van der Waals surface area contributed by atoms with Crippen molar-refractivity contribution in [2.24, 2.45) is 11.8 Å². The average Bonchev–Trinajstić information content (AvgIpc) is 3.03. The lowest BCUT2D eigenvalue weighted by Gasteiger charge is -2.33. The Labute approximate surface area is 116 Å². The van der Waals surface area contributed by atoms with Crippen LogP contribution in [0.15, 0.2) is 12.4 Å². The second-order valence-electron chi connectivity index (χ2n) is 6.74. The number of hydrogen-bond donors (Lipinski definition) is 1. The van der Waals surface area contributed by atoms with E-state index in [1.807, 2.05) is 6.20 Å². The fourth-order valence-electron chi connectivity index (χ4n) is 3.95. The Balaban J connectivity index is 1.68. The van der Waals surface area contributed by atoms with E-state index in [1.165, 1.54) is 44.9 Å². The van der Waals surface area contributed by atoms with Crippen LogP contribution in [0.4, 0.5) is 5.95 Å². The fraction of sp³-hybridized carbons (Fsp3) is 0.812. The summed E-state index contributed by atoms with van der Waals surface area (Å²) in [7, 11) is 0. The molecule has 3 nitrogen and oxygen atoms in total. The molecule has 0 aliphatic heterocycles. The molecule has 1 heterocycles. The molecule has 3 rings (SSSR count). The Kier molecular flexibility index (Phi) is 3.81. The standard InChI is InChI=1S/C16H27N3/c1-12-7-8-15(13(2)11-12)18-16-17-9-10-19(16)14-5-3-4-6-14/h9-10,12-15H,3-8,11H2,1-2H3,(H,17,18). The number of rotatable bonds is 3. The lowest BCUT2D eigenvalue weighted by molar-refractivity contribution is 0.275. The summed E-state index contributed by atoms with van der Waals surface area (Å²) in [4.78, 5) is 4.56. The van der Waals surface area contributed by atoms with Gasteiger partial charge in [-0.15, -0.1) is 0 Å². The average molecular weight is 261 g/mol. The molecule has 1 N–H and O–H groups in total. The number of nitrogens with zero attached hydrogens (tertiary/aromatic N) is 2. The molecule has 1 aromatic heterocycles. The molecular formula is C16H27N3. The van der Waals surface area contributed by atoms with Crippen LogP contribution in [0.2, 0.25) is 0 Å². The molecule has 2 fully saturated rings. The van der Waals surface area contributed by atoms with E-state index in [0.717, 1.165) is 17.8 Å². The lowest BCUT2D eigenvalue weighted by Crippen LogP contribution is -2.34. The van der Waals surface area contributed by atoms with Gasteiger partial charge in [0, 0.05) is 24.5 Å². The van der Waals surface area contributed by atoms with Gasteiger partial charge in [0.1, 0.15) is 0 Å². The maximum atomic E-state index is 4.56. The van der Waals surface area contributed by atoms with Gasteiger partial charge in [-0.1, -0.05) is 26.7 Å². The highest BCUT2D eigenvalue weighted by Gasteiger charge is 2.27. The van der Waals surface area contributed by atoms with Crippen molar-refractivity contribution in [2.45, 2.75) is 70.9 Å². The molecule has 0 saturated heterocycles. The van der Waals surface area contributed by atoms with Crippen LogP contribution in [0, 0.1) is 11.8 Å². The summed E-state index contributed by atoms with van der Waals surface area (Å²) >= 11 is 0. The SMILES string of the molecule is CC1CCC(Nc2nccn2C2CCCC2)C(C)C1. The van der Waals surface area contributed by atoms with Crippen molar-refractivity contribution < 1.29 is 0 Å². The zero-order valence-electron chi connectivity index (χ0n) is 12.3. The minimum atomic E-state index is 0.610. The van der Waals surface area contributed by atoms with Gasteiger partial charge in [0.2, 0.25) is 5.95 Å². The summed E-state index contributed by atoms with van der Waals surface area (Å²) < 4.78 is 2.39. The predicted octanol–water partition coefficient (Wildman–Crippen LogP) is 4.23. The van der Waals surface area contributed by atoms with Crippen LogP contribution < -0.4 is 5.32 Å². The molecule has 0 aromatic carbocycles. The van der Waals surface area contributed by atoms with Crippen molar-refractivity contribution in [1.29, 1.82) is 0 Å². The van der Waals surface area contributed by atoms with Crippen molar-refractivity contribution in [3.8, 4) is 0 Å². The Bertz CT molecular complexity index is 406. The quantitative estimate of drug-likeness (QED) is 0.882. The van der Waals surface area contributed by atoms with Crippen LogP contribution in [0.25, 0.3) is 0 Å². The normalized spacial score (nSPS) is 32.6. The van der Waals surface area contributed by atoms with Gasteiger partial charge in [-0.2, -0.15) is 0 Å². The summed E-state index contributed by atoms with van der Waals surface area (Å²) in [5, 5.41) is 3.73. The molecule has 3 heteroatoms. The minimum absolute atomic E-state index is 0.610. The van der Waals surface area contributed by atoms with Gasteiger partial charge in [0.05, 0.1) is 0 Å². The van der Waals surface area contributed by atoms with Gasteiger partial charge >= 0.3 is 0 Å². The van der Waals surface area contributed by atoms with Gasteiger partial charge in [-0.3, -0.25) is 0 Å². The van der Waals surface area contributed by atoms with E-state index in [9.17, 15) is 0 Å². The van der Waals surface area contributed by atoms with E-state index >= 15 is 0 Å². The fourth-order valence-corrected chi connectivity index (χ4v) is 3.95. The van der Waals surface area contributed by atoms with Gasteiger partial charge in [-0.25, -0.2) is 4.98 Å². The topological polar surface area (TPSA) is 29.9 Å². The van der Waals surface area contributed by atoms with Crippen molar-refractivity contribution in [3.05, 3.63) is 12.4 Å². The molecule has 106 valence electrons. The number of anilines is 1. The highest BCUT2D eigenvalue weighted by Crippen LogP contribution is 2.34. The molecule has 2 aliphatic rings. The minimum Gasteiger partial charge on any atom is -0.353 e. The van der Waals surface area contributed by atoms with Gasteiger partial charge in [0.15, 0.2) is 0 Å². The second-order valence-corrected chi connectivity index (χ2v) is 6.74. The number of aromatic nitrogens is 2. The maximum absolute atomic E-state index is 4.56. The van der Waals surface area contributed by atoms with Crippen LogP contribution in [0.5, 0.6) is 0 Å². The molecule has 0 amide bonds. The first kappa shape index (κ1) is 13.0. The van der Waals surface area contributed by atoms with Gasteiger partial charge < -0.3 is 9.88 Å². The van der Waals surface area contributed by atoms with E-state index in [2.05, 4.69) is 34.9 Å².